The minimum Gasteiger partial charge on any atom is -0.367 e. The van der Waals surface area contributed by atoms with E-state index in [1.807, 2.05) is 18.3 Å². The lowest BCUT2D eigenvalue weighted by atomic mass is 10.1. The van der Waals surface area contributed by atoms with Crippen molar-refractivity contribution in [2.45, 2.75) is 52.5 Å². The minimum absolute atomic E-state index is 0.458. The van der Waals surface area contributed by atoms with E-state index >= 15 is 0 Å². The highest BCUT2D eigenvalue weighted by atomic mass is 32.1. The van der Waals surface area contributed by atoms with Crippen molar-refractivity contribution in [3.8, 4) is 0 Å². The third-order valence-corrected chi connectivity index (χ3v) is 4.86. The van der Waals surface area contributed by atoms with Crippen LogP contribution in [0, 0.1) is 6.92 Å². The van der Waals surface area contributed by atoms with Crippen molar-refractivity contribution in [1.82, 2.24) is 9.97 Å². The Balaban J connectivity index is 2.16. The molecule has 0 radical (unpaired) electrons. The van der Waals surface area contributed by atoms with E-state index in [0.717, 1.165) is 22.9 Å². The zero-order valence-electron chi connectivity index (χ0n) is 11.2. The lowest BCUT2D eigenvalue weighted by molar-refractivity contribution is 0.759. The summed E-state index contributed by atoms with van der Waals surface area (Å²) in [5.74, 6) is 1.92. The molecule has 1 aliphatic rings. The van der Waals surface area contributed by atoms with Crippen molar-refractivity contribution < 1.29 is 0 Å². The van der Waals surface area contributed by atoms with Crippen molar-refractivity contribution in [2.75, 3.05) is 5.32 Å². The van der Waals surface area contributed by atoms with Crippen molar-refractivity contribution in [1.29, 1.82) is 0 Å². The Bertz CT molecular complexity index is 588. The van der Waals surface area contributed by atoms with E-state index in [1.165, 1.54) is 35.1 Å². The number of anilines is 1. The number of aryl methyl sites for hydroxylation is 3. The van der Waals surface area contributed by atoms with Crippen LogP contribution >= 0.6 is 11.3 Å². The van der Waals surface area contributed by atoms with Gasteiger partial charge >= 0.3 is 0 Å². The average molecular weight is 261 g/mol. The fourth-order valence-electron chi connectivity index (χ4n) is 2.54. The summed E-state index contributed by atoms with van der Waals surface area (Å²) in [7, 11) is 0. The van der Waals surface area contributed by atoms with E-state index < -0.39 is 0 Å². The number of nitrogens with zero attached hydrogens (tertiary/aromatic N) is 2. The summed E-state index contributed by atoms with van der Waals surface area (Å²) in [5, 5.41) is 4.84. The Morgan fingerprint density at radius 2 is 2.17 bits per heavy atom. The molecule has 2 aromatic heterocycles. The van der Waals surface area contributed by atoms with Crippen LogP contribution in [0.1, 0.15) is 43.0 Å². The predicted octanol–water partition coefficient (Wildman–Crippen LogP) is 3.70. The Morgan fingerprint density at radius 3 is 2.94 bits per heavy atom. The van der Waals surface area contributed by atoms with Gasteiger partial charge in [-0.25, -0.2) is 9.97 Å². The van der Waals surface area contributed by atoms with Crippen LogP contribution in [-0.2, 0) is 12.8 Å². The van der Waals surface area contributed by atoms with Crippen LogP contribution in [-0.4, -0.2) is 16.0 Å². The fraction of sp³-hybridized carbons (Fsp3) is 0.571. The van der Waals surface area contributed by atoms with E-state index in [9.17, 15) is 0 Å². The zero-order valence-corrected chi connectivity index (χ0v) is 12.0. The highest BCUT2D eigenvalue weighted by Crippen LogP contribution is 2.39. The molecule has 0 aromatic carbocycles. The monoisotopic (exact) mass is 261 g/mol. The molecule has 4 heteroatoms. The maximum absolute atomic E-state index is 4.62. The van der Waals surface area contributed by atoms with Gasteiger partial charge in [-0.05, 0) is 45.1 Å². The standard InChI is InChI=1S/C14H19N3S/c1-4-8(2)15-13-12-10-6-5-7-11(10)18-14(12)17-9(3)16-13/h8H,4-7H2,1-3H3,(H,15,16,17). The summed E-state index contributed by atoms with van der Waals surface area (Å²) in [6, 6.07) is 0.458. The molecule has 3 rings (SSSR count). The normalized spacial score (nSPS) is 15.9. The summed E-state index contributed by atoms with van der Waals surface area (Å²) in [5.41, 5.74) is 1.50. The van der Waals surface area contributed by atoms with Gasteiger partial charge in [0.15, 0.2) is 0 Å². The third-order valence-electron chi connectivity index (χ3n) is 3.67. The second-order valence-electron chi connectivity index (χ2n) is 5.11. The fourth-order valence-corrected chi connectivity index (χ4v) is 3.85. The quantitative estimate of drug-likeness (QED) is 0.915. The number of hydrogen-bond donors (Lipinski definition) is 1. The molecular formula is C14H19N3S. The molecule has 0 fully saturated rings. The third kappa shape index (κ3) is 1.88. The molecule has 0 amide bonds. The average Bonchev–Trinajstić information content (AvgIpc) is 2.87. The van der Waals surface area contributed by atoms with E-state index in [4.69, 9.17) is 0 Å². The molecule has 3 nitrogen and oxygen atoms in total. The van der Waals surface area contributed by atoms with Crippen LogP contribution < -0.4 is 5.32 Å². The number of hydrogen-bond acceptors (Lipinski definition) is 4. The molecule has 96 valence electrons. The SMILES string of the molecule is CCC(C)Nc1nc(C)nc2sc3c(c12)CCC3. The van der Waals surface area contributed by atoms with Gasteiger partial charge in [-0.2, -0.15) is 0 Å². The molecule has 0 saturated heterocycles. The Labute approximate surface area is 112 Å². The van der Waals surface area contributed by atoms with Gasteiger partial charge < -0.3 is 5.32 Å². The molecule has 0 saturated carbocycles. The van der Waals surface area contributed by atoms with Crippen molar-refractivity contribution in [3.63, 3.8) is 0 Å². The van der Waals surface area contributed by atoms with Crippen LogP contribution in [0.3, 0.4) is 0 Å². The van der Waals surface area contributed by atoms with E-state index in [-0.39, 0.29) is 0 Å². The molecule has 18 heavy (non-hydrogen) atoms. The first kappa shape index (κ1) is 11.9. The molecule has 0 bridgehead atoms. The smallest absolute Gasteiger partial charge is 0.139 e. The topological polar surface area (TPSA) is 37.8 Å². The molecular weight excluding hydrogens is 242 g/mol. The molecule has 0 aliphatic heterocycles. The van der Waals surface area contributed by atoms with Gasteiger partial charge in [-0.1, -0.05) is 6.92 Å². The molecule has 0 spiro atoms. The molecule has 1 atom stereocenters. The molecule has 2 heterocycles. The Morgan fingerprint density at radius 1 is 1.33 bits per heavy atom. The minimum atomic E-state index is 0.458. The van der Waals surface area contributed by atoms with Gasteiger partial charge in [0, 0.05) is 10.9 Å². The first-order chi connectivity index (χ1) is 8.69. The van der Waals surface area contributed by atoms with Gasteiger partial charge in [0.1, 0.15) is 16.5 Å². The summed E-state index contributed by atoms with van der Waals surface area (Å²) < 4.78 is 0. The lowest BCUT2D eigenvalue weighted by Gasteiger charge is -2.14. The predicted molar refractivity (Wildman–Crippen MR) is 77.6 cm³/mol. The Kier molecular flexibility index (Phi) is 2.98. The first-order valence-electron chi connectivity index (χ1n) is 6.74. The van der Waals surface area contributed by atoms with Crippen molar-refractivity contribution >= 4 is 27.4 Å². The molecule has 1 aliphatic carbocycles. The van der Waals surface area contributed by atoms with Crippen LogP contribution in [0.2, 0.25) is 0 Å². The molecule has 1 N–H and O–H groups in total. The zero-order chi connectivity index (χ0) is 12.7. The van der Waals surface area contributed by atoms with Gasteiger partial charge in [0.25, 0.3) is 0 Å². The number of nitrogens with one attached hydrogen (secondary N) is 1. The number of fused-ring (bicyclic) bond motifs is 3. The molecule has 2 aromatic rings. The van der Waals surface area contributed by atoms with E-state index in [1.54, 1.807) is 0 Å². The van der Waals surface area contributed by atoms with Crippen LogP contribution in [0.5, 0.6) is 0 Å². The van der Waals surface area contributed by atoms with Crippen LogP contribution in [0.15, 0.2) is 0 Å². The van der Waals surface area contributed by atoms with Crippen molar-refractivity contribution in [3.05, 3.63) is 16.3 Å². The second-order valence-corrected chi connectivity index (χ2v) is 6.19. The second kappa shape index (κ2) is 4.50. The van der Waals surface area contributed by atoms with Gasteiger partial charge in [-0.3, -0.25) is 0 Å². The van der Waals surface area contributed by atoms with E-state index in [2.05, 4.69) is 29.1 Å². The van der Waals surface area contributed by atoms with Gasteiger partial charge in [0.2, 0.25) is 0 Å². The lowest BCUT2D eigenvalue weighted by Crippen LogP contribution is -2.15. The summed E-state index contributed by atoms with van der Waals surface area (Å²) in [6.45, 7) is 6.38. The van der Waals surface area contributed by atoms with Gasteiger partial charge in [-0.15, -0.1) is 11.3 Å². The maximum atomic E-state index is 4.62. The van der Waals surface area contributed by atoms with Crippen LogP contribution in [0.4, 0.5) is 5.82 Å². The van der Waals surface area contributed by atoms with Crippen LogP contribution in [0.25, 0.3) is 10.2 Å². The number of thiophene rings is 1. The highest BCUT2D eigenvalue weighted by molar-refractivity contribution is 7.19. The maximum Gasteiger partial charge on any atom is 0.139 e. The number of aromatic nitrogens is 2. The van der Waals surface area contributed by atoms with Gasteiger partial charge in [0.05, 0.1) is 5.39 Å². The molecule has 1 unspecified atom stereocenters. The first-order valence-corrected chi connectivity index (χ1v) is 7.56. The van der Waals surface area contributed by atoms with E-state index in [0.29, 0.717) is 6.04 Å². The highest BCUT2D eigenvalue weighted by Gasteiger charge is 2.22. The largest absolute Gasteiger partial charge is 0.367 e. The summed E-state index contributed by atoms with van der Waals surface area (Å²) >= 11 is 1.86. The summed E-state index contributed by atoms with van der Waals surface area (Å²) in [6.07, 6.45) is 4.81. The summed E-state index contributed by atoms with van der Waals surface area (Å²) in [4.78, 5) is 11.9. The number of rotatable bonds is 3. The Hall–Kier alpha value is -1.16. The van der Waals surface area contributed by atoms with Crippen molar-refractivity contribution in [2.24, 2.45) is 0 Å².